The fraction of sp³-hybridized carbons (Fsp3) is 0.583. The monoisotopic (exact) mass is 239 g/mol. The quantitative estimate of drug-likeness (QED) is 0.751. The molecule has 0 unspecified atom stereocenters. The van der Waals surface area contributed by atoms with Crippen molar-refractivity contribution in [2.24, 2.45) is 0 Å². The summed E-state index contributed by atoms with van der Waals surface area (Å²) in [6.45, 7) is 6.43. The molecule has 0 aromatic carbocycles. The van der Waals surface area contributed by atoms with E-state index < -0.39 is 23.3 Å². The SMILES string of the molecule is CCC(CC)(C(=O)O)N1C(=O)C(C)=C(C)C1=O. The Balaban J connectivity index is 3.31. The summed E-state index contributed by atoms with van der Waals surface area (Å²) in [5.74, 6) is -2.11. The molecule has 94 valence electrons. The number of hydrogen-bond donors (Lipinski definition) is 1. The molecule has 1 N–H and O–H groups in total. The standard InChI is InChI=1S/C12H17NO4/c1-5-12(6-2,11(16)17)13-9(14)7(3)8(4)10(13)15/h5-6H2,1-4H3,(H,16,17). The lowest BCUT2D eigenvalue weighted by Gasteiger charge is -2.35. The van der Waals surface area contributed by atoms with Gasteiger partial charge in [-0.2, -0.15) is 0 Å². The summed E-state index contributed by atoms with van der Waals surface area (Å²) in [6, 6.07) is 0. The lowest BCUT2D eigenvalue weighted by Crippen LogP contribution is -2.57. The third-order valence-corrected chi connectivity index (χ3v) is 3.61. The Kier molecular flexibility index (Phi) is 3.40. The number of carbonyl (C=O) groups is 3. The summed E-state index contributed by atoms with van der Waals surface area (Å²) < 4.78 is 0. The van der Waals surface area contributed by atoms with E-state index in [9.17, 15) is 19.5 Å². The number of carboxylic acids is 1. The highest BCUT2D eigenvalue weighted by atomic mass is 16.4. The molecule has 5 heteroatoms. The molecule has 1 heterocycles. The first-order valence-electron chi connectivity index (χ1n) is 5.63. The molecule has 0 radical (unpaired) electrons. The zero-order chi connectivity index (χ0) is 13.4. The van der Waals surface area contributed by atoms with Gasteiger partial charge in [0.2, 0.25) is 0 Å². The number of carbonyl (C=O) groups excluding carboxylic acids is 2. The van der Waals surface area contributed by atoms with Crippen LogP contribution in [0.3, 0.4) is 0 Å². The third-order valence-electron chi connectivity index (χ3n) is 3.61. The Hall–Kier alpha value is -1.65. The molecule has 2 amide bonds. The summed E-state index contributed by atoms with van der Waals surface area (Å²) in [7, 11) is 0. The maximum absolute atomic E-state index is 12.0. The summed E-state index contributed by atoms with van der Waals surface area (Å²) in [4.78, 5) is 36.3. The van der Waals surface area contributed by atoms with Crippen LogP contribution in [0, 0.1) is 0 Å². The van der Waals surface area contributed by atoms with Crippen LogP contribution in [-0.2, 0) is 14.4 Å². The summed E-state index contributed by atoms with van der Waals surface area (Å²) in [6.07, 6.45) is 0.410. The minimum absolute atomic E-state index is 0.205. The molecule has 0 atom stereocenters. The van der Waals surface area contributed by atoms with Gasteiger partial charge in [0.1, 0.15) is 5.54 Å². The molecule has 0 aromatic heterocycles. The molecule has 0 aliphatic carbocycles. The third kappa shape index (κ3) is 1.66. The van der Waals surface area contributed by atoms with Crippen molar-refractivity contribution in [3.05, 3.63) is 11.1 Å². The molecular weight excluding hydrogens is 222 g/mol. The molecule has 0 saturated carbocycles. The van der Waals surface area contributed by atoms with Gasteiger partial charge in [0.05, 0.1) is 0 Å². The normalized spacial score (nSPS) is 17.1. The predicted octanol–water partition coefficient (Wildman–Crippen LogP) is 1.33. The van der Waals surface area contributed by atoms with Crippen LogP contribution in [0.1, 0.15) is 40.5 Å². The topological polar surface area (TPSA) is 74.7 Å². The Bertz CT molecular complexity index is 394. The molecule has 0 fully saturated rings. The zero-order valence-electron chi connectivity index (χ0n) is 10.5. The highest BCUT2D eigenvalue weighted by Gasteiger charge is 2.50. The van der Waals surface area contributed by atoms with Gasteiger partial charge in [-0.25, -0.2) is 4.79 Å². The Labute approximate surface area is 100 Å². The molecule has 1 aliphatic rings. The van der Waals surface area contributed by atoms with E-state index in [0.29, 0.717) is 11.1 Å². The van der Waals surface area contributed by atoms with Gasteiger partial charge in [-0.15, -0.1) is 0 Å². The Morgan fingerprint density at radius 2 is 1.47 bits per heavy atom. The molecule has 1 rings (SSSR count). The molecule has 1 aliphatic heterocycles. The molecule has 0 bridgehead atoms. The number of amides is 2. The molecule has 0 saturated heterocycles. The smallest absolute Gasteiger partial charge is 0.330 e. The lowest BCUT2D eigenvalue weighted by molar-refractivity contribution is -0.163. The highest BCUT2D eigenvalue weighted by Crippen LogP contribution is 2.32. The van der Waals surface area contributed by atoms with Crippen LogP contribution in [0.25, 0.3) is 0 Å². The summed E-state index contributed by atoms with van der Waals surface area (Å²) >= 11 is 0. The van der Waals surface area contributed by atoms with Crippen LogP contribution < -0.4 is 0 Å². The van der Waals surface area contributed by atoms with Crippen LogP contribution in [-0.4, -0.2) is 33.3 Å². The van der Waals surface area contributed by atoms with Crippen molar-refractivity contribution in [1.82, 2.24) is 4.90 Å². The fourth-order valence-corrected chi connectivity index (χ4v) is 2.10. The van der Waals surface area contributed by atoms with Crippen LogP contribution in [0.15, 0.2) is 11.1 Å². The predicted molar refractivity (Wildman–Crippen MR) is 61.2 cm³/mol. The van der Waals surface area contributed by atoms with E-state index in [-0.39, 0.29) is 12.8 Å². The number of hydrogen-bond acceptors (Lipinski definition) is 3. The number of rotatable bonds is 4. The lowest BCUT2D eigenvalue weighted by atomic mass is 9.90. The Morgan fingerprint density at radius 3 is 1.71 bits per heavy atom. The molecule has 5 nitrogen and oxygen atoms in total. The maximum atomic E-state index is 12.0. The fourth-order valence-electron chi connectivity index (χ4n) is 2.10. The van der Waals surface area contributed by atoms with Crippen molar-refractivity contribution in [2.75, 3.05) is 0 Å². The number of carboxylic acid groups (broad SMARTS) is 1. The second kappa shape index (κ2) is 4.31. The number of nitrogens with zero attached hydrogens (tertiary/aromatic N) is 1. The van der Waals surface area contributed by atoms with Gasteiger partial charge in [0, 0.05) is 11.1 Å². The van der Waals surface area contributed by atoms with Crippen molar-refractivity contribution < 1.29 is 19.5 Å². The largest absolute Gasteiger partial charge is 0.479 e. The van der Waals surface area contributed by atoms with Gasteiger partial charge in [0.15, 0.2) is 0 Å². The van der Waals surface area contributed by atoms with Gasteiger partial charge in [-0.1, -0.05) is 13.8 Å². The number of imide groups is 1. The minimum atomic E-state index is -1.42. The van der Waals surface area contributed by atoms with Crippen LogP contribution >= 0.6 is 0 Å². The van der Waals surface area contributed by atoms with E-state index in [2.05, 4.69) is 0 Å². The average Bonchev–Trinajstić information content (AvgIpc) is 2.48. The molecular formula is C12H17NO4. The van der Waals surface area contributed by atoms with E-state index in [1.54, 1.807) is 27.7 Å². The first-order chi connectivity index (χ1) is 7.83. The van der Waals surface area contributed by atoms with Crippen molar-refractivity contribution in [1.29, 1.82) is 0 Å². The summed E-state index contributed by atoms with van der Waals surface area (Å²) in [5.41, 5.74) is -0.752. The van der Waals surface area contributed by atoms with Crippen molar-refractivity contribution in [3.63, 3.8) is 0 Å². The minimum Gasteiger partial charge on any atom is -0.479 e. The van der Waals surface area contributed by atoms with E-state index in [0.717, 1.165) is 4.90 Å². The van der Waals surface area contributed by atoms with Crippen molar-refractivity contribution in [2.45, 2.75) is 46.1 Å². The van der Waals surface area contributed by atoms with Crippen LogP contribution in [0.2, 0.25) is 0 Å². The van der Waals surface area contributed by atoms with Crippen molar-refractivity contribution in [3.8, 4) is 0 Å². The molecule has 0 spiro atoms. The highest BCUT2D eigenvalue weighted by molar-refractivity contribution is 6.20. The zero-order valence-corrected chi connectivity index (χ0v) is 10.5. The molecule has 17 heavy (non-hydrogen) atoms. The first kappa shape index (κ1) is 13.4. The summed E-state index contributed by atoms with van der Waals surface area (Å²) in [5, 5.41) is 9.33. The van der Waals surface area contributed by atoms with E-state index in [1.807, 2.05) is 0 Å². The number of aliphatic carboxylic acids is 1. The van der Waals surface area contributed by atoms with Gasteiger partial charge in [0.25, 0.3) is 11.8 Å². The molecule has 0 aromatic rings. The van der Waals surface area contributed by atoms with Gasteiger partial charge >= 0.3 is 5.97 Å². The first-order valence-corrected chi connectivity index (χ1v) is 5.63. The second-order valence-electron chi connectivity index (χ2n) is 4.24. The van der Waals surface area contributed by atoms with Crippen LogP contribution in [0.4, 0.5) is 0 Å². The maximum Gasteiger partial charge on any atom is 0.330 e. The van der Waals surface area contributed by atoms with E-state index >= 15 is 0 Å². The van der Waals surface area contributed by atoms with Crippen molar-refractivity contribution >= 4 is 17.8 Å². The van der Waals surface area contributed by atoms with Gasteiger partial charge < -0.3 is 5.11 Å². The average molecular weight is 239 g/mol. The van der Waals surface area contributed by atoms with Crippen LogP contribution in [0.5, 0.6) is 0 Å². The van der Waals surface area contributed by atoms with Gasteiger partial charge in [-0.05, 0) is 26.7 Å². The second-order valence-corrected chi connectivity index (χ2v) is 4.24. The Morgan fingerprint density at radius 1 is 1.12 bits per heavy atom. The van der Waals surface area contributed by atoms with E-state index in [1.165, 1.54) is 0 Å². The van der Waals surface area contributed by atoms with E-state index in [4.69, 9.17) is 0 Å². The van der Waals surface area contributed by atoms with Gasteiger partial charge in [-0.3, -0.25) is 14.5 Å².